The van der Waals surface area contributed by atoms with Crippen LogP contribution >= 0.6 is 0 Å². The highest BCUT2D eigenvalue weighted by Gasteiger charge is 2.32. The number of nitriles is 1. The van der Waals surface area contributed by atoms with Crippen LogP contribution in [0.25, 0.3) is 0 Å². The summed E-state index contributed by atoms with van der Waals surface area (Å²) < 4.78 is 43.0. The van der Waals surface area contributed by atoms with Crippen LogP contribution in [0.3, 0.4) is 0 Å². The molecular weight excluding hydrogens is 563 g/mol. The number of hydrogen-bond donors (Lipinski definition) is 1. The van der Waals surface area contributed by atoms with E-state index in [1.165, 1.54) is 6.07 Å². The van der Waals surface area contributed by atoms with Crippen LogP contribution in [0.5, 0.6) is 28.7 Å². The normalized spacial score (nSPS) is 13.7. The van der Waals surface area contributed by atoms with E-state index in [1.54, 1.807) is 78.9 Å². The van der Waals surface area contributed by atoms with Crippen LogP contribution in [-0.2, 0) is 6.61 Å². The molecule has 224 valence electrons. The number of halogens is 1. The van der Waals surface area contributed by atoms with Crippen molar-refractivity contribution in [1.82, 2.24) is 0 Å². The average Bonchev–Trinajstić information content (AvgIpc) is 3.03. The van der Waals surface area contributed by atoms with Crippen LogP contribution in [0.2, 0.25) is 0 Å². The van der Waals surface area contributed by atoms with Gasteiger partial charge in [-0.15, -0.1) is 0 Å². The third-order valence-corrected chi connectivity index (χ3v) is 6.89. The molecule has 0 amide bonds. The first kappa shape index (κ1) is 30.0. The molecule has 0 saturated heterocycles. The molecule has 1 aliphatic rings. The molecule has 8 nitrogen and oxygen atoms in total. The zero-order valence-electron chi connectivity index (χ0n) is 24.3. The molecule has 1 unspecified atom stereocenters. The van der Waals surface area contributed by atoms with Crippen LogP contribution in [0.15, 0.2) is 96.4 Å². The van der Waals surface area contributed by atoms with E-state index >= 15 is 0 Å². The van der Waals surface area contributed by atoms with Gasteiger partial charge in [0.25, 0.3) is 0 Å². The first-order chi connectivity index (χ1) is 21.4. The number of rotatable bonds is 11. The Morgan fingerprint density at radius 3 is 2.55 bits per heavy atom. The van der Waals surface area contributed by atoms with Crippen molar-refractivity contribution in [2.75, 3.05) is 13.2 Å². The number of nitrogens with zero attached hydrogens (tertiary/aromatic N) is 1. The molecule has 9 heteroatoms. The molecule has 5 rings (SSSR count). The predicted octanol–water partition coefficient (Wildman–Crippen LogP) is 7.03. The third kappa shape index (κ3) is 6.60. The second kappa shape index (κ2) is 13.7. The number of nitrogens with two attached hydrogens (primary N) is 1. The van der Waals surface area contributed by atoms with Gasteiger partial charge in [-0.2, -0.15) is 5.26 Å². The second-order valence-corrected chi connectivity index (χ2v) is 9.91. The van der Waals surface area contributed by atoms with Crippen LogP contribution < -0.4 is 29.4 Å². The Labute approximate surface area is 255 Å². The van der Waals surface area contributed by atoms with Crippen molar-refractivity contribution in [2.45, 2.75) is 32.8 Å². The number of carbonyl (C=O) groups is 1. The van der Waals surface area contributed by atoms with E-state index in [9.17, 15) is 14.4 Å². The molecule has 2 N–H and O–H groups in total. The molecule has 0 aromatic heterocycles. The number of benzene rings is 4. The fourth-order valence-corrected chi connectivity index (χ4v) is 4.80. The summed E-state index contributed by atoms with van der Waals surface area (Å²) >= 11 is 0. The Balaban J connectivity index is 1.42. The largest absolute Gasteiger partial charge is 0.494 e. The lowest BCUT2D eigenvalue weighted by Gasteiger charge is -2.27. The molecule has 0 radical (unpaired) electrons. The summed E-state index contributed by atoms with van der Waals surface area (Å²) in [6.45, 7) is 4.75. The highest BCUT2D eigenvalue weighted by atomic mass is 19.1. The Morgan fingerprint density at radius 1 is 0.932 bits per heavy atom. The number of esters is 1. The maximum Gasteiger partial charge on any atom is 0.343 e. The second-order valence-electron chi connectivity index (χ2n) is 9.91. The average molecular weight is 595 g/mol. The molecular formula is C35H31FN2O6. The maximum atomic E-state index is 14.1. The summed E-state index contributed by atoms with van der Waals surface area (Å²) in [5, 5.41) is 10.0. The molecule has 0 spiro atoms. The lowest BCUT2D eigenvalue weighted by Crippen LogP contribution is -2.21. The fourth-order valence-electron chi connectivity index (χ4n) is 4.80. The fraction of sp³-hybridized carbons (Fsp3) is 0.200. The van der Waals surface area contributed by atoms with E-state index in [4.69, 9.17) is 29.4 Å². The maximum absolute atomic E-state index is 14.1. The van der Waals surface area contributed by atoms with E-state index in [-0.39, 0.29) is 29.6 Å². The summed E-state index contributed by atoms with van der Waals surface area (Å²) in [5.74, 6) is 0.436. The molecule has 1 aliphatic heterocycles. The minimum atomic E-state index is -0.597. The van der Waals surface area contributed by atoms with Gasteiger partial charge in [-0.25, -0.2) is 9.18 Å². The Bertz CT molecular complexity index is 1750. The van der Waals surface area contributed by atoms with E-state index in [2.05, 4.69) is 6.07 Å². The first-order valence-electron chi connectivity index (χ1n) is 14.2. The number of carbonyl (C=O) groups excluding carboxylic acids is 1. The highest BCUT2D eigenvalue weighted by molar-refractivity contribution is 5.91. The molecule has 4 aromatic rings. The van der Waals surface area contributed by atoms with Gasteiger partial charge in [0.2, 0.25) is 5.88 Å². The van der Waals surface area contributed by atoms with Gasteiger partial charge >= 0.3 is 5.97 Å². The minimum absolute atomic E-state index is 0.0139. The molecule has 4 aromatic carbocycles. The van der Waals surface area contributed by atoms with Crippen molar-refractivity contribution < 1.29 is 32.9 Å². The van der Waals surface area contributed by atoms with Crippen molar-refractivity contribution in [3.63, 3.8) is 0 Å². The summed E-state index contributed by atoms with van der Waals surface area (Å²) in [7, 11) is 0. The van der Waals surface area contributed by atoms with E-state index in [0.29, 0.717) is 58.5 Å². The van der Waals surface area contributed by atoms with Crippen LogP contribution in [0.1, 0.15) is 53.2 Å². The zero-order chi connectivity index (χ0) is 31.1. The van der Waals surface area contributed by atoms with Gasteiger partial charge in [0.05, 0.1) is 24.7 Å². The number of hydrogen-bond acceptors (Lipinski definition) is 8. The molecule has 0 saturated carbocycles. The van der Waals surface area contributed by atoms with Crippen molar-refractivity contribution in [3.05, 3.63) is 124 Å². The summed E-state index contributed by atoms with van der Waals surface area (Å²) in [6.07, 6.45) is 0.843. The van der Waals surface area contributed by atoms with Gasteiger partial charge in [-0.1, -0.05) is 43.3 Å². The lowest BCUT2D eigenvalue weighted by atomic mass is 9.83. The van der Waals surface area contributed by atoms with E-state index in [1.807, 2.05) is 13.8 Å². The molecule has 0 aliphatic carbocycles. The molecule has 1 heterocycles. The Morgan fingerprint density at radius 2 is 1.77 bits per heavy atom. The summed E-state index contributed by atoms with van der Waals surface area (Å²) in [6, 6.07) is 25.5. The molecule has 0 fully saturated rings. The van der Waals surface area contributed by atoms with Crippen molar-refractivity contribution >= 4 is 5.97 Å². The molecule has 44 heavy (non-hydrogen) atoms. The number of ether oxygens (including phenoxy) is 5. The first-order valence-corrected chi connectivity index (χ1v) is 14.2. The molecule has 0 bridgehead atoms. The van der Waals surface area contributed by atoms with Gasteiger partial charge in [-0.05, 0) is 61.4 Å². The van der Waals surface area contributed by atoms with Crippen LogP contribution in [0, 0.1) is 17.1 Å². The Kier molecular flexibility index (Phi) is 9.31. The zero-order valence-corrected chi connectivity index (χ0v) is 24.3. The van der Waals surface area contributed by atoms with Gasteiger partial charge in [0, 0.05) is 17.2 Å². The van der Waals surface area contributed by atoms with Gasteiger partial charge in [0.1, 0.15) is 41.3 Å². The quantitative estimate of drug-likeness (QED) is 0.145. The Hall–Kier alpha value is -5.49. The van der Waals surface area contributed by atoms with Crippen LogP contribution in [0.4, 0.5) is 4.39 Å². The highest BCUT2D eigenvalue weighted by Crippen LogP contribution is 2.45. The molecule has 1 atom stereocenters. The summed E-state index contributed by atoms with van der Waals surface area (Å²) in [4.78, 5) is 12.9. The van der Waals surface area contributed by atoms with Gasteiger partial charge in [-0.3, -0.25) is 0 Å². The minimum Gasteiger partial charge on any atom is -0.494 e. The summed E-state index contributed by atoms with van der Waals surface area (Å²) in [5.41, 5.74) is 8.51. The van der Waals surface area contributed by atoms with Crippen molar-refractivity contribution in [1.29, 1.82) is 5.26 Å². The lowest BCUT2D eigenvalue weighted by molar-refractivity contribution is 0.0734. The van der Waals surface area contributed by atoms with Crippen molar-refractivity contribution in [3.8, 4) is 34.8 Å². The topological polar surface area (TPSA) is 113 Å². The SMILES string of the molecule is CCCOc1cccc(C(=O)Oc2ccc3c(c2)OC(N)=C(C#N)C3c2ccc(OCc3ccccc3F)c(OCC)c2)c1. The predicted molar refractivity (Wildman–Crippen MR) is 161 cm³/mol. The van der Waals surface area contributed by atoms with E-state index in [0.717, 1.165) is 6.42 Å². The van der Waals surface area contributed by atoms with Crippen LogP contribution in [-0.4, -0.2) is 19.2 Å². The van der Waals surface area contributed by atoms with Gasteiger partial charge < -0.3 is 29.4 Å². The monoisotopic (exact) mass is 594 g/mol. The van der Waals surface area contributed by atoms with E-state index < -0.39 is 11.9 Å². The number of fused-ring (bicyclic) bond motifs is 1. The smallest absolute Gasteiger partial charge is 0.343 e. The number of allylic oxidation sites excluding steroid dienone is 1. The third-order valence-electron chi connectivity index (χ3n) is 6.89. The van der Waals surface area contributed by atoms with Crippen molar-refractivity contribution in [2.24, 2.45) is 5.73 Å². The standard InChI is InChI=1S/C35H31FN2O6/c1-3-16-41-25-10-7-9-23(17-25)35(39)43-26-13-14-27-31(19-26)44-34(38)28(20-37)33(27)22-12-15-30(32(18-22)40-4-2)42-21-24-8-5-6-11-29(24)36/h5-15,17-19,33H,3-4,16,21,38H2,1-2H3. The van der Waals surface area contributed by atoms with Gasteiger partial charge in [0.15, 0.2) is 11.5 Å².